The Balaban J connectivity index is 0.00000162. The Bertz CT molecular complexity index is 260. The zero-order valence-corrected chi connectivity index (χ0v) is 12.2. The third-order valence-corrected chi connectivity index (χ3v) is 4.55. The average molecular weight is 275 g/mol. The summed E-state index contributed by atoms with van der Waals surface area (Å²) in [5.41, 5.74) is 0. The van der Waals surface area contributed by atoms with Crippen molar-refractivity contribution in [1.29, 1.82) is 0 Å². The van der Waals surface area contributed by atoms with Gasteiger partial charge < -0.3 is 10.6 Å². The highest BCUT2D eigenvalue weighted by Crippen LogP contribution is 2.49. The highest BCUT2D eigenvalue weighted by molar-refractivity contribution is 5.85. The molecule has 2 aliphatic rings. The molecule has 0 aromatic carbocycles. The monoisotopic (exact) mass is 274 g/mol. The molecule has 4 heteroatoms. The quantitative estimate of drug-likeness (QED) is 0.700. The molecule has 0 heterocycles. The van der Waals surface area contributed by atoms with Crippen LogP contribution in [-0.4, -0.2) is 26.0 Å². The van der Waals surface area contributed by atoms with Crippen molar-refractivity contribution in [3.63, 3.8) is 0 Å². The molecule has 2 saturated carbocycles. The van der Waals surface area contributed by atoms with E-state index >= 15 is 0 Å². The third kappa shape index (κ3) is 4.43. The minimum absolute atomic E-state index is 0. The van der Waals surface area contributed by atoms with Crippen LogP contribution >= 0.6 is 12.4 Å². The molecule has 0 radical (unpaired) electrons. The van der Waals surface area contributed by atoms with Crippen molar-refractivity contribution in [2.45, 2.75) is 44.9 Å². The standard InChI is InChI=1S/C14H26N2O.ClH/c1-15-7-2-3-14(17)16-8-6-13-10-11-4-5-12(13)9-11;/h11-13,15H,2-10H2,1H3,(H,16,17);1H. The van der Waals surface area contributed by atoms with Gasteiger partial charge in [-0.3, -0.25) is 4.79 Å². The molecule has 0 spiro atoms. The van der Waals surface area contributed by atoms with Gasteiger partial charge in [0, 0.05) is 13.0 Å². The zero-order chi connectivity index (χ0) is 12.1. The van der Waals surface area contributed by atoms with Gasteiger partial charge in [0.15, 0.2) is 0 Å². The highest BCUT2D eigenvalue weighted by Gasteiger charge is 2.38. The predicted molar refractivity (Wildman–Crippen MR) is 77.0 cm³/mol. The van der Waals surface area contributed by atoms with Gasteiger partial charge in [-0.15, -0.1) is 12.4 Å². The molecular weight excluding hydrogens is 248 g/mol. The molecule has 2 bridgehead atoms. The van der Waals surface area contributed by atoms with E-state index in [-0.39, 0.29) is 18.3 Å². The lowest BCUT2D eigenvalue weighted by atomic mass is 9.86. The van der Waals surface area contributed by atoms with Crippen molar-refractivity contribution in [3.05, 3.63) is 0 Å². The van der Waals surface area contributed by atoms with Gasteiger partial charge in [-0.1, -0.05) is 6.42 Å². The maximum atomic E-state index is 11.5. The van der Waals surface area contributed by atoms with Gasteiger partial charge in [0.25, 0.3) is 0 Å². The molecule has 3 unspecified atom stereocenters. The van der Waals surface area contributed by atoms with Gasteiger partial charge in [0.2, 0.25) is 5.91 Å². The van der Waals surface area contributed by atoms with Crippen molar-refractivity contribution in [2.75, 3.05) is 20.1 Å². The largest absolute Gasteiger partial charge is 0.356 e. The second-order valence-electron chi connectivity index (χ2n) is 5.78. The Hall–Kier alpha value is -0.280. The van der Waals surface area contributed by atoms with Gasteiger partial charge >= 0.3 is 0 Å². The molecule has 0 saturated heterocycles. The minimum atomic E-state index is 0. The lowest BCUT2D eigenvalue weighted by molar-refractivity contribution is -0.121. The van der Waals surface area contributed by atoms with E-state index in [1.165, 1.54) is 32.1 Å². The van der Waals surface area contributed by atoms with E-state index in [9.17, 15) is 4.79 Å². The summed E-state index contributed by atoms with van der Waals surface area (Å²) < 4.78 is 0. The van der Waals surface area contributed by atoms with E-state index in [0.29, 0.717) is 6.42 Å². The third-order valence-electron chi connectivity index (χ3n) is 4.55. The summed E-state index contributed by atoms with van der Waals surface area (Å²) in [5.74, 6) is 3.15. The van der Waals surface area contributed by atoms with Crippen LogP contribution < -0.4 is 10.6 Å². The lowest BCUT2D eigenvalue weighted by Gasteiger charge is -2.21. The van der Waals surface area contributed by atoms with E-state index in [2.05, 4.69) is 10.6 Å². The van der Waals surface area contributed by atoms with Gasteiger partial charge in [0.1, 0.15) is 0 Å². The molecule has 3 nitrogen and oxygen atoms in total. The summed E-state index contributed by atoms with van der Waals surface area (Å²) in [5, 5.41) is 6.12. The van der Waals surface area contributed by atoms with Crippen molar-refractivity contribution >= 4 is 18.3 Å². The number of carbonyl (C=O) groups is 1. The molecule has 106 valence electrons. The number of halogens is 1. The molecule has 2 rings (SSSR count). The molecule has 1 amide bonds. The predicted octanol–water partition coefficient (Wildman–Crippen LogP) is 2.35. The topological polar surface area (TPSA) is 41.1 Å². The van der Waals surface area contributed by atoms with E-state index < -0.39 is 0 Å². The maximum Gasteiger partial charge on any atom is 0.220 e. The summed E-state index contributed by atoms with van der Waals surface area (Å²) in [6.07, 6.45) is 8.64. The van der Waals surface area contributed by atoms with Gasteiger partial charge in [0.05, 0.1) is 0 Å². The Morgan fingerprint density at radius 2 is 2.06 bits per heavy atom. The summed E-state index contributed by atoms with van der Waals surface area (Å²) in [6.45, 7) is 1.83. The van der Waals surface area contributed by atoms with Crippen LogP contribution in [0.15, 0.2) is 0 Å². The molecule has 0 aliphatic heterocycles. The summed E-state index contributed by atoms with van der Waals surface area (Å²) in [7, 11) is 1.92. The SMILES string of the molecule is CNCCCC(=O)NCCC1CC2CCC1C2.Cl. The number of amides is 1. The van der Waals surface area contributed by atoms with E-state index in [1.807, 2.05) is 7.05 Å². The van der Waals surface area contributed by atoms with Crippen LogP contribution in [0, 0.1) is 17.8 Å². The first-order chi connectivity index (χ1) is 8.29. The molecular formula is C14H27ClN2O. The lowest BCUT2D eigenvalue weighted by Crippen LogP contribution is -2.27. The Morgan fingerprint density at radius 3 is 2.67 bits per heavy atom. The average Bonchev–Trinajstić information content (AvgIpc) is 2.91. The number of fused-ring (bicyclic) bond motifs is 2. The minimum Gasteiger partial charge on any atom is -0.356 e. The molecule has 2 aliphatic carbocycles. The Labute approximate surface area is 117 Å². The molecule has 0 aromatic heterocycles. The maximum absolute atomic E-state index is 11.5. The number of hydrogen-bond acceptors (Lipinski definition) is 2. The van der Waals surface area contributed by atoms with Crippen LogP contribution in [0.2, 0.25) is 0 Å². The van der Waals surface area contributed by atoms with Crippen LogP contribution in [0.3, 0.4) is 0 Å². The van der Waals surface area contributed by atoms with Crippen LogP contribution in [0.5, 0.6) is 0 Å². The Morgan fingerprint density at radius 1 is 1.22 bits per heavy atom. The summed E-state index contributed by atoms with van der Waals surface area (Å²) in [4.78, 5) is 11.5. The van der Waals surface area contributed by atoms with Gasteiger partial charge in [-0.25, -0.2) is 0 Å². The molecule has 0 aromatic rings. The smallest absolute Gasteiger partial charge is 0.220 e. The Kier molecular flexibility index (Phi) is 7.02. The van der Waals surface area contributed by atoms with E-state index in [0.717, 1.165) is 37.3 Å². The first-order valence-corrected chi connectivity index (χ1v) is 7.21. The summed E-state index contributed by atoms with van der Waals surface area (Å²) in [6, 6.07) is 0. The highest BCUT2D eigenvalue weighted by atomic mass is 35.5. The normalized spacial score (nSPS) is 29.1. The molecule has 2 N–H and O–H groups in total. The van der Waals surface area contributed by atoms with Crippen LogP contribution in [0.25, 0.3) is 0 Å². The number of rotatable bonds is 7. The number of nitrogens with one attached hydrogen (secondary N) is 2. The molecule has 2 fully saturated rings. The van der Waals surface area contributed by atoms with Crippen molar-refractivity contribution < 1.29 is 4.79 Å². The first-order valence-electron chi connectivity index (χ1n) is 7.21. The zero-order valence-electron chi connectivity index (χ0n) is 11.4. The van der Waals surface area contributed by atoms with Crippen molar-refractivity contribution in [1.82, 2.24) is 10.6 Å². The second kappa shape index (κ2) is 8.00. The van der Waals surface area contributed by atoms with Crippen molar-refractivity contribution in [2.24, 2.45) is 17.8 Å². The fraction of sp³-hybridized carbons (Fsp3) is 0.929. The van der Waals surface area contributed by atoms with Gasteiger partial charge in [-0.2, -0.15) is 0 Å². The molecule has 18 heavy (non-hydrogen) atoms. The van der Waals surface area contributed by atoms with Crippen LogP contribution in [-0.2, 0) is 4.79 Å². The number of carbonyl (C=O) groups excluding carboxylic acids is 1. The van der Waals surface area contributed by atoms with Gasteiger partial charge in [-0.05, 0) is 63.5 Å². The van der Waals surface area contributed by atoms with E-state index in [1.54, 1.807) is 0 Å². The first kappa shape index (κ1) is 15.8. The fourth-order valence-electron chi connectivity index (χ4n) is 3.64. The van der Waals surface area contributed by atoms with Crippen LogP contribution in [0.4, 0.5) is 0 Å². The van der Waals surface area contributed by atoms with Crippen molar-refractivity contribution in [3.8, 4) is 0 Å². The molecule has 3 atom stereocenters. The fourth-order valence-corrected chi connectivity index (χ4v) is 3.64. The second-order valence-corrected chi connectivity index (χ2v) is 5.78. The van der Waals surface area contributed by atoms with Crippen LogP contribution in [0.1, 0.15) is 44.9 Å². The van der Waals surface area contributed by atoms with E-state index in [4.69, 9.17) is 0 Å². The summed E-state index contributed by atoms with van der Waals surface area (Å²) >= 11 is 0. The number of hydrogen-bond donors (Lipinski definition) is 2.